The average molecular weight is 396 g/mol. The number of likely N-dealkylation sites (tertiary alicyclic amines) is 1. The minimum absolute atomic E-state index is 0.668. The summed E-state index contributed by atoms with van der Waals surface area (Å²) in [6, 6.07) is 9.71. The Bertz CT molecular complexity index is 942. The fourth-order valence-electron chi connectivity index (χ4n) is 4.37. The second-order valence-electron chi connectivity index (χ2n) is 7.82. The molecular formula is C21H22ClN5O. The SMILES string of the molecule is Cc1cc(CN2CC3CN(c4cnc(-c5ccc(Cl)cc5)cn4)CC3C2)on1. The highest BCUT2D eigenvalue weighted by Crippen LogP contribution is 2.34. The van der Waals surface area contributed by atoms with E-state index in [1.807, 2.05) is 49.6 Å². The molecule has 7 heteroatoms. The van der Waals surface area contributed by atoms with Crippen LogP contribution in [0.2, 0.25) is 5.02 Å². The Morgan fingerprint density at radius 3 is 2.39 bits per heavy atom. The first-order valence-corrected chi connectivity index (χ1v) is 9.99. The number of rotatable bonds is 4. The Kier molecular flexibility index (Phi) is 4.53. The van der Waals surface area contributed by atoms with E-state index >= 15 is 0 Å². The summed E-state index contributed by atoms with van der Waals surface area (Å²) in [6.45, 7) is 7.07. The minimum Gasteiger partial charge on any atom is -0.360 e. The van der Waals surface area contributed by atoms with Gasteiger partial charge < -0.3 is 9.42 Å². The molecule has 2 fully saturated rings. The van der Waals surface area contributed by atoms with Gasteiger partial charge in [-0.05, 0) is 30.9 Å². The summed E-state index contributed by atoms with van der Waals surface area (Å²) in [5.41, 5.74) is 2.84. The predicted molar refractivity (Wildman–Crippen MR) is 108 cm³/mol. The van der Waals surface area contributed by atoms with Crippen molar-refractivity contribution in [3.05, 3.63) is 59.2 Å². The number of halogens is 1. The molecule has 0 N–H and O–H groups in total. The van der Waals surface area contributed by atoms with Gasteiger partial charge in [0.25, 0.3) is 0 Å². The summed E-state index contributed by atoms with van der Waals surface area (Å²) in [4.78, 5) is 14.1. The highest BCUT2D eigenvalue weighted by atomic mass is 35.5. The quantitative estimate of drug-likeness (QED) is 0.671. The standard InChI is InChI=1S/C21H22ClN5O/c1-14-6-19(28-25-14)13-26-9-16-11-27(12-17(16)10-26)21-8-23-20(7-24-21)15-2-4-18(22)5-3-15/h2-8,16-17H,9-13H2,1H3. The van der Waals surface area contributed by atoms with E-state index in [-0.39, 0.29) is 0 Å². The number of benzene rings is 1. The molecule has 0 amide bonds. The lowest BCUT2D eigenvalue weighted by molar-refractivity contribution is 0.260. The van der Waals surface area contributed by atoms with Gasteiger partial charge in [0, 0.05) is 42.8 Å². The Balaban J connectivity index is 1.21. The highest BCUT2D eigenvalue weighted by molar-refractivity contribution is 6.30. The third-order valence-corrected chi connectivity index (χ3v) is 5.97. The van der Waals surface area contributed by atoms with Gasteiger partial charge in [-0.15, -0.1) is 0 Å². The molecule has 0 bridgehead atoms. The van der Waals surface area contributed by atoms with Crippen LogP contribution in [-0.2, 0) is 6.54 Å². The van der Waals surface area contributed by atoms with Gasteiger partial charge in [0.05, 0.1) is 30.3 Å². The Morgan fingerprint density at radius 2 is 1.79 bits per heavy atom. The van der Waals surface area contributed by atoms with Gasteiger partial charge in [0.2, 0.25) is 0 Å². The van der Waals surface area contributed by atoms with Gasteiger partial charge in [0.15, 0.2) is 5.76 Å². The number of hydrogen-bond acceptors (Lipinski definition) is 6. The van der Waals surface area contributed by atoms with Gasteiger partial charge in [-0.2, -0.15) is 0 Å². The van der Waals surface area contributed by atoms with Crippen LogP contribution in [0.4, 0.5) is 5.82 Å². The van der Waals surface area contributed by atoms with Crippen LogP contribution in [0.3, 0.4) is 0 Å². The van der Waals surface area contributed by atoms with Gasteiger partial charge in [-0.3, -0.25) is 9.88 Å². The topological polar surface area (TPSA) is 58.3 Å². The molecule has 28 heavy (non-hydrogen) atoms. The maximum absolute atomic E-state index is 5.96. The molecule has 2 aliphatic rings. The van der Waals surface area contributed by atoms with E-state index in [0.29, 0.717) is 11.8 Å². The van der Waals surface area contributed by atoms with Gasteiger partial charge in [0.1, 0.15) is 5.82 Å². The third kappa shape index (κ3) is 3.50. The first-order valence-electron chi connectivity index (χ1n) is 9.61. The molecule has 0 saturated carbocycles. The van der Waals surface area contributed by atoms with Crippen molar-refractivity contribution in [2.45, 2.75) is 13.5 Å². The van der Waals surface area contributed by atoms with Crippen molar-refractivity contribution in [2.24, 2.45) is 11.8 Å². The van der Waals surface area contributed by atoms with Crippen LogP contribution in [-0.4, -0.2) is 46.2 Å². The van der Waals surface area contributed by atoms with Gasteiger partial charge >= 0.3 is 0 Å². The molecule has 4 heterocycles. The van der Waals surface area contributed by atoms with Crippen molar-refractivity contribution < 1.29 is 4.52 Å². The number of aromatic nitrogens is 3. The Labute approximate surface area is 169 Å². The van der Waals surface area contributed by atoms with Crippen molar-refractivity contribution in [1.29, 1.82) is 0 Å². The zero-order valence-corrected chi connectivity index (χ0v) is 16.5. The van der Waals surface area contributed by atoms with E-state index in [4.69, 9.17) is 16.1 Å². The second kappa shape index (κ2) is 7.18. The number of aryl methyl sites for hydroxylation is 1. The Morgan fingerprint density at radius 1 is 1.04 bits per heavy atom. The van der Waals surface area contributed by atoms with Crippen molar-refractivity contribution in [1.82, 2.24) is 20.0 Å². The molecule has 2 aliphatic heterocycles. The number of anilines is 1. The maximum Gasteiger partial charge on any atom is 0.150 e. The van der Waals surface area contributed by atoms with E-state index in [9.17, 15) is 0 Å². The molecule has 0 radical (unpaired) electrons. The molecule has 144 valence electrons. The molecule has 0 spiro atoms. The van der Waals surface area contributed by atoms with Crippen molar-refractivity contribution in [2.75, 3.05) is 31.1 Å². The van der Waals surface area contributed by atoms with Crippen LogP contribution in [0, 0.1) is 18.8 Å². The minimum atomic E-state index is 0.668. The van der Waals surface area contributed by atoms with E-state index in [0.717, 1.165) is 66.3 Å². The van der Waals surface area contributed by atoms with Crippen LogP contribution < -0.4 is 4.90 Å². The monoisotopic (exact) mass is 395 g/mol. The molecule has 2 unspecified atom stereocenters. The molecule has 6 nitrogen and oxygen atoms in total. The smallest absolute Gasteiger partial charge is 0.150 e. The molecule has 2 aromatic heterocycles. The zero-order chi connectivity index (χ0) is 19.1. The van der Waals surface area contributed by atoms with Crippen LogP contribution in [0.25, 0.3) is 11.3 Å². The summed E-state index contributed by atoms with van der Waals surface area (Å²) < 4.78 is 5.37. The number of nitrogens with zero attached hydrogens (tertiary/aromatic N) is 5. The number of fused-ring (bicyclic) bond motifs is 1. The lowest BCUT2D eigenvalue weighted by Crippen LogP contribution is -2.29. The van der Waals surface area contributed by atoms with Crippen molar-refractivity contribution in [3.63, 3.8) is 0 Å². The summed E-state index contributed by atoms with van der Waals surface area (Å²) in [7, 11) is 0. The molecule has 2 saturated heterocycles. The normalized spacial score (nSPS) is 22.0. The van der Waals surface area contributed by atoms with E-state index < -0.39 is 0 Å². The molecular weight excluding hydrogens is 374 g/mol. The van der Waals surface area contributed by atoms with Crippen LogP contribution >= 0.6 is 11.6 Å². The number of hydrogen-bond donors (Lipinski definition) is 0. The highest BCUT2D eigenvalue weighted by Gasteiger charge is 2.40. The zero-order valence-electron chi connectivity index (χ0n) is 15.8. The first-order chi connectivity index (χ1) is 13.6. The fraction of sp³-hybridized carbons (Fsp3) is 0.381. The lowest BCUT2D eigenvalue weighted by atomic mass is 10.0. The average Bonchev–Trinajstić information content (AvgIpc) is 3.38. The van der Waals surface area contributed by atoms with E-state index in [2.05, 4.69) is 24.9 Å². The van der Waals surface area contributed by atoms with E-state index in [1.165, 1.54) is 0 Å². The van der Waals surface area contributed by atoms with Crippen molar-refractivity contribution >= 4 is 17.4 Å². The maximum atomic E-state index is 5.96. The van der Waals surface area contributed by atoms with Gasteiger partial charge in [-0.1, -0.05) is 28.9 Å². The Hall–Kier alpha value is -2.44. The van der Waals surface area contributed by atoms with Crippen LogP contribution in [0.5, 0.6) is 0 Å². The molecule has 3 aromatic rings. The van der Waals surface area contributed by atoms with Gasteiger partial charge in [-0.25, -0.2) is 4.98 Å². The third-order valence-electron chi connectivity index (χ3n) is 5.72. The first kappa shape index (κ1) is 17.6. The lowest BCUT2D eigenvalue weighted by Gasteiger charge is -2.21. The summed E-state index contributed by atoms with van der Waals surface area (Å²) in [5, 5.41) is 4.71. The predicted octanol–water partition coefficient (Wildman–Crippen LogP) is 3.66. The van der Waals surface area contributed by atoms with E-state index in [1.54, 1.807) is 0 Å². The van der Waals surface area contributed by atoms with Crippen LogP contribution in [0.1, 0.15) is 11.5 Å². The summed E-state index contributed by atoms with van der Waals surface area (Å²) in [6.07, 6.45) is 3.74. The van der Waals surface area contributed by atoms with Crippen molar-refractivity contribution in [3.8, 4) is 11.3 Å². The van der Waals surface area contributed by atoms with Crippen LogP contribution in [0.15, 0.2) is 47.2 Å². The fourth-order valence-corrected chi connectivity index (χ4v) is 4.50. The molecule has 0 aliphatic carbocycles. The summed E-state index contributed by atoms with van der Waals surface area (Å²) in [5.74, 6) is 3.26. The summed E-state index contributed by atoms with van der Waals surface area (Å²) >= 11 is 5.96. The molecule has 1 aromatic carbocycles. The largest absolute Gasteiger partial charge is 0.360 e. The molecule has 5 rings (SSSR count). The molecule has 2 atom stereocenters. The second-order valence-corrected chi connectivity index (χ2v) is 8.26.